The summed E-state index contributed by atoms with van der Waals surface area (Å²) in [4.78, 5) is 0. The molecule has 1 heterocycles. The van der Waals surface area contributed by atoms with E-state index in [1.165, 1.54) is 28.5 Å². The zero-order chi connectivity index (χ0) is 13.9. The number of thiophene rings is 1. The van der Waals surface area contributed by atoms with Crippen molar-refractivity contribution in [1.82, 2.24) is 5.32 Å². The van der Waals surface area contributed by atoms with Gasteiger partial charge in [0.15, 0.2) is 0 Å². The Balaban J connectivity index is 2.42. The molecule has 0 fully saturated rings. The summed E-state index contributed by atoms with van der Waals surface area (Å²) in [6.45, 7) is 10.3. The normalized spacial score (nSPS) is 13.9. The minimum atomic E-state index is 0.277. The van der Waals surface area contributed by atoms with Crippen LogP contribution in [0.1, 0.15) is 52.1 Å². The molecule has 1 aromatic carbocycles. The van der Waals surface area contributed by atoms with Crippen LogP contribution in [0.5, 0.6) is 0 Å². The Labute approximate surface area is 121 Å². The molecule has 2 aromatic rings. The Hall–Kier alpha value is -0.860. The van der Waals surface area contributed by atoms with Crippen molar-refractivity contribution in [3.8, 4) is 0 Å². The van der Waals surface area contributed by atoms with Crippen molar-refractivity contribution in [2.24, 2.45) is 5.41 Å². The maximum atomic E-state index is 3.76. The first-order valence-corrected chi connectivity index (χ1v) is 8.17. The minimum Gasteiger partial charge on any atom is -0.309 e. The molecule has 1 unspecified atom stereocenters. The summed E-state index contributed by atoms with van der Waals surface area (Å²) in [7, 11) is 0. The van der Waals surface area contributed by atoms with Crippen LogP contribution in [0.4, 0.5) is 0 Å². The third-order valence-corrected chi connectivity index (χ3v) is 5.09. The van der Waals surface area contributed by atoms with Crippen LogP contribution in [-0.2, 0) is 0 Å². The van der Waals surface area contributed by atoms with E-state index < -0.39 is 0 Å². The van der Waals surface area contributed by atoms with Gasteiger partial charge in [0.2, 0.25) is 0 Å². The monoisotopic (exact) mass is 275 g/mol. The number of nitrogens with one attached hydrogen (secondary N) is 1. The average molecular weight is 275 g/mol. The van der Waals surface area contributed by atoms with Crippen molar-refractivity contribution in [2.75, 3.05) is 6.54 Å². The molecule has 0 spiro atoms. The molecule has 0 radical (unpaired) electrons. The maximum Gasteiger partial charge on any atom is 0.0386 e. The minimum absolute atomic E-state index is 0.277. The first-order chi connectivity index (χ1) is 9.10. The fraction of sp³-hybridized carbons (Fsp3) is 0.529. The second-order valence-electron chi connectivity index (χ2n) is 5.92. The molecule has 1 aromatic heterocycles. The van der Waals surface area contributed by atoms with Crippen molar-refractivity contribution in [1.29, 1.82) is 0 Å². The van der Waals surface area contributed by atoms with Crippen LogP contribution in [0, 0.1) is 5.41 Å². The van der Waals surface area contributed by atoms with E-state index in [2.05, 4.69) is 62.7 Å². The lowest BCUT2D eigenvalue weighted by Crippen LogP contribution is -2.34. The summed E-state index contributed by atoms with van der Waals surface area (Å²) in [5, 5.41) is 7.52. The molecule has 0 saturated carbocycles. The molecule has 0 aliphatic carbocycles. The van der Waals surface area contributed by atoms with Crippen molar-refractivity contribution >= 4 is 21.4 Å². The van der Waals surface area contributed by atoms with E-state index in [1.54, 1.807) is 0 Å². The summed E-state index contributed by atoms with van der Waals surface area (Å²) < 4.78 is 1.40. The number of benzene rings is 1. The highest BCUT2D eigenvalue weighted by Crippen LogP contribution is 2.41. The highest BCUT2D eigenvalue weighted by Gasteiger charge is 2.30. The zero-order valence-electron chi connectivity index (χ0n) is 12.5. The molecule has 1 N–H and O–H groups in total. The van der Waals surface area contributed by atoms with Crippen LogP contribution in [0.3, 0.4) is 0 Å². The molecule has 0 aliphatic heterocycles. The van der Waals surface area contributed by atoms with Gasteiger partial charge in [-0.3, -0.25) is 0 Å². The van der Waals surface area contributed by atoms with E-state index in [9.17, 15) is 0 Å². The number of hydrogen-bond donors (Lipinski definition) is 1. The second-order valence-corrected chi connectivity index (χ2v) is 6.83. The Morgan fingerprint density at radius 3 is 2.63 bits per heavy atom. The molecule has 2 rings (SSSR count). The van der Waals surface area contributed by atoms with Gasteiger partial charge in [0, 0.05) is 10.7 Å². The summed E-state index contributed by atoms with van der Waals surface area (Å²) >= 11 is 1.86. The largest absolute Gasteiger partial charge is 0.309 e. The number of rotatable bonds is 6. The van der Waals surface area contributed by atoms with Gasteiger partial charge in [-0.25, -0.2) is 0 Å². The first kappa shape index (κ1) is 14.5. The molecule has 2 heteroatoms. The van der Waals surface area contributed by atoms with Crippen LogP contribution >= 0.6 is 11.3 Å². The standard InChI is InChI=1S/C17H25NS/c1-5-11-18-16(17(3,4)6-2)14-12-19-15-10-8-7-9-13(14)15/h7-10,12,16,18H,5-6,11H2,1-4H3. The van der Waals surface area contributed by atoms with E-state index in [0.29, 0.717) is 6.04 Å². The fourth-order valence-corrected chi connectivity index (χ4v) is 3.51. The highest BCUT2D eigenvalue weighted by atomic mass is 32.1. The van der Waals surface area contributed by atoms with Gasteiger partial charge in [-0.2, -0.15) is 0 Å². The molecular weight excluding hydrogens is 250 g/mol. The molecule has 104 valence electrons. The summed E-state index contributed by atoms with van der Waals surface area (Å²) in [6, 6.07) is 9.19. The topological polar surface area (TPSA) is 12.0 Å². The fourth-order valence-electron chi connectivity index (χ4n) is 2.52. The van der Waals surface area contributed by atoms with Crippen LogP contribution in [0.2, 0.25) is 0 Å². The lowest BCUT2D eigenvalue weighted by atomic mass is 9.78. The second kappa shape index (κ2) is 6.06. The quantitative estimate of drug-likeness (QED) is 0.746. The molecule has 1 atom stereocenters. The summed E-state index contributed by atoms with van der Waals surface area (Å²) in [6.07, 6.45) is 2.36. The first-order valence-electron chi connectivity index (χ1n) is 7.29. The van der Waals surface area contributed by atoms with Gasteiger partial charge in [-0.1, -0.05) is 45.9 Å². The average Bonchev–Trinajstić information content (AvgIpc) is 2.83. The van der Waals surface area contributed by atoms with Crippen molar-refractivity contribution in [2.45, 2.75) is 46.6 Å². The van der Waals surface area contributed by atoms with Crippen LogP contribution < -0.4 is 5.32 Å². The van der Waals surface area contributed by atoms with Crippen LogP contribution in [0.15, 0.2) is 29.6 Å². The Morgan fingerprint density at radius 2 is 1.95 bits per heavy atom. The van der Waals surface area contributed by atoms with Gasteiger partial charge in [0.1, 0.15) is 0 Å². The summed E-state index contributed by atoms with van der Waals surface area (Å²) in [5.74, 6) is 0. The van der Waals surface area contributed by atoms with Gasteiger partial charge in [-0.05, 0) is 47.2 Å². The Kier molecular flexibility index (Phi) is 4.64. The van der Waals surface area contributed by atoms with Crippen LogP contribution in [-0.4, -0.2) is 6.54 Å². The molecule has 0 saturated heterocycles. The van der Waals surface area contributed by atoms with Gasteiger partial charge in [0.05, 0.1) is 0 Å². The predicted octanol–water partition coefficient (Wildman–Crippen LogP) is 5.38. The third-order valence-electron chi connectivity index (χ3n) is 4.11. The molecule has 1 nitrogen and oxygen atoms in total. The van der Waals surface area contributed by atoms with Gasteiger partial charge in [0.25, 0.3) is 0 Å². The van der Waals surface area contributed by atoms with Crippen molar-refractivity contribution < 1.29 is 0 Å². The number of fused-ring (bicyclic) bond motifs is 1. The molecular formula is C17H25NS. The van der Waals surface area contributed by atoms with Gasteiger partial charge in [-0.15, -0.1) is 11.3 Å². The smallest absolute Gasteiger partial charge is 0.0386 e. The van der Waals surface area contributed by atoms with E-state index >= 15 is 0 Å². The zero-order valence-corrected chi connectivity index (χ0v) is 13.3. The van der Waals surface area contributed by atoms with E-state index in [-0.39, 0.29) is 5.41 Å². The molecule has 0 amide bonds. The van der Waals surface area contributed by atoms with Crippen molar-refractivity contribution in [3.63, 3.8) is 0 Å². The lowest BCUT2D eigenvalue weighted by Gasteiger charge is -2.34. The van der Waals surface area contributed by atoms with E-state index in [4.69, 9.17) is 0 Å². The Morgan fingerprint density at radius 1 is 1.21 bits per heavy atom. The molecule has 0 aliphatic rings. The number of hydrogen-bond acceptors (Lipinski definition) is 2. The van der Waals surface area contributed by atoms with Crippen LogP contribution in [0.25, 0.3) is 10.1 Å². The summed E-state index contributed by atoms with van der Waals surface area (Å²) in [5.41, 5.74) is 1.75. The Bertz CT molecular complexity index is 527. The van der Waals surface area contributed by atoms with E-state index in [0.717, 1.165) is 6.54 Å². The maximum absolute atomic E-state index is 3.76. The van der Waals surface area contributed by atoms with Gasteiger partial charge < -0.3 is 5.32 Å². The van der Waals surface area contributed by atoms with Crippen molar-refractivity contribution in [3.05, 3.63) is 35.2 Å². The molecule has 0 bridgehead atoms. The lowest BCUT2D eigenvalue weighted by molar-refractivity contribution is 0.236. The SMILES string of the molecule is CCCNC(c1csc2ccccc12)C(C)(C)CC. The highest BCUT2D eigenvalue weighted by molar-refractivity contribution is 7.17. The predicted molar refractivity (Wildman–Crippen MR) is 86.9 cm³/mol. The third kappa shape index (κ3) is 3.01. The molecule has 19 heavy (non-hydrogen) atoms. The van der Waals surface area contributed by atoms with E-state index in [1.807, 2.05) is 11.3 Å². The van der Waals surface area contributed by atoms with Gasteiger partial charge >= 0.3 is 0 Å².